The summed E-state index contributed by atoms with van der Waals surface area (Å²) in [6, 6.07) is 5.17. The zero-order valence-corrected chi connectivity index (χ0v) is 10.5. The van der Waals surface area contributed by atoms with Gasteiger partial charge in [0.2, 0.25) is 0 Å². The maximum atomic E-state index is 11.3. The van der Waals surface area contributed by atoms with Crippen LogP contribution in [-0.2, 0) is 9.53 Å². The van der Waals surface area contributed by atoms with Gasteiger partial charge in [0.15, 0.2) is 6.04 Å². The monoisotopic (exact) mass is 265 g/mol. The molecule has 0 saturated carbocycles. The molecule has 0 radical (unpaired) electrons. The average Bonchev–Trinajstić information content (AvgIpc) is 2.42. The first-order chi connectivity index (χ1) is 9.08. The Bertz CT molecular complexity index is 455. The number of benzene rings is 1. The summed E-state index contributed by atoms with van der Waals surface area (Å²) in [4.78, 5) is 22.5. The highest BCUT2D eigenvalue weighted by molar-refractivity contribution is 5.81. The lowest BCUT2D eigenvalue weighted by atomic mass is 10.1. The van der Waals surface area contributed by atoms with E-state index >= 15 is 0 Å². The van der Waals surface area contributed by atoms with Crippen molar-refractivity contribution >= 4 is 12.1 Å². The van der Waals surface area contributed by atoms with Gasteiger partial charge in [0, 0.05) is 0 Å². The van der Waals surface area contributed by atoms with Gasteiger partial charge in [0.25, 0.3) is 0 Å². The van der Waals surface area contributed by atoms with Crippen LogP contribution in [0.25, 0.3) is 0 Å². The number of amides is 1. The van der Waals surface area contributed by atoms with E-state index in [-0.39, 0.29) is 6.61 Å². The minimum Gasteiger partial charge on any atom is -0.497 e. The molecule has 6 nitrogen and oxygen atoms in total. The summed E-state index contributed by atoms with van der Waals surface area (Å²) in [6.07, 6.45) is 0.575. The summed E-state index contributed by atoms with van der Waals surface area (Å²) in [5.74, 6) is -0.581. The first kappa shape index (κ1) is 14.6. The van der Waals surface area contributed by atoms with E-state index in [0.29, 0.717) is 11.3 Å². The first-order valence-electron chi connectivity index (χ1n) is 5.49. The number of alkyl carbamates (subject to hydrolysis) is 1. The van der Waals surface area contributed by atoms with E-state index in [1.54, 1.807) is 24.3 Å². The van der Waals surface area contributed by atoms with E-state index in [2.05, 4.69) is 16.6 Å². The second kappa shape index (κ2) is 7.05. The molecule has 0 spiro atoms. The van der Waals surface area contributed by atoms with Crippen LogP contribution in [0.1, 0.15) is 11.6 Å². The van der Waals surface area contributed by atoms with Crippen molar-refractivity contribution in [3.63, 3.8) is 0 Å². The number of aliphatic carboxylic acids is 1. The van der Waals surface area contributed by atoms with Crippen molar-refractivity contribution in [2.24, 2.45) is 0 Å². The average molecular weight is 265 g/mol. The number of carboxylic acid groups (broad SMARTS) is 1. The number of methoxy groups -OCH3 is 1. The van der Waals surface area contributed by atoms with Crippen LogP contribution >= 0.6 is 0 Å². The van der Waals surface area contributed by atoms with Crippen LogP contribution < -0.4 is 10.1 Å². The number of hydrogen-bond acceptors (Lipinski definition) is 4. The molecule has 6 heteroatoms. The summed E-state index contributed by atoms with van der Waals surface area (Å²) < 4.78 is 9.66. The SMILES string of the molecule is C=CCOC(=O)N[C@H](C(=O)O)c1ccc(OC)cc1. The van der Waals surface area contributed by atoms with E-state index in [4.69, 9.17) is 9.84 Å². The molecule has 1 rings (SSSR count). The van der Waals surface area contributed by atoms with Crippen molar-refractivity contribution in [2.45, 2.75) is 6.04 Å². The fraction of sp³-hybridized carbons (Fsp3) is 0.231. The van der Waals surface area contributed by atoms with Crippen LogP contribution in [0, 0.1) is 0 Å². The van der Waals surface area contributed by atoms with E-state index in [0.717, 1.165) is 0 Å². The maximum absolute atomic E-state index is 11.3. The van der Waals surface area contributed by atoms with Gasteiger partial charge in [0.05, 0.1) is 7.11 Å². The Kier molecular flexibility index (Phi) is 5.40. The van der Waals surface area contributed by atoms with Gasteiger partial charge in [-0.2, -0.15) is 0 Å². The van der Waals surface area contributed by atoms with Crippen LogP contribution in [0.5, 0.6) is 5.75 Å². The second-order valence-electron chi connectivity index (χ2n) is 3.58. The smallest absolute Gasteiger partial charge is 0.408 e. The fourth-order valence-electron chi connectivity index (χ4n) is 1.38. The number of ether oxygens (including phenoxy) is 2. The van der Waals surface area contributed by atoms with Crippen LogP contribution in [0.3, 0.4) is 0 Å². The topological polar surface area (TPSA) is 84.9 Å². The molecule has 102 valence electrons. The molecule has 0 fully saturated rings. The molecule has 0 heterocycles. The lowest BCUT2D eigenvalue weighted by Crippen LogP contribution is -2.34. The largest absolute Gasteiger partial charge is 0.497 e. The van der Waals surface area contributed by atoms with Gasteiger partial charge in [-0.05, 0) is 17.7 Å². The van der Waals surface area contributed by atoms with Crippen molar-refractivity contribution in [3.05, 3.63) is 42.5 Å². The summed E-state index contributed by atoms with van der Waals surface area (Å²) >= 11 is 0. The van der Waals surface area contributed by atoms with Gasteiger partial charge in [-0.15, -0.1) is 0 Å². The molecule has 0 aromatic heterocycles. The van der Waals surface area contributed by atoms with Crippen LogP contribution in [0.4, 0.5) is 4.79 Å². The van der Waals surface area contributed by atoms with E-state index in [9.17, 15) is 9.59 Å². The van der Waals surface area contributed by atoms with Crippen molar-refractivity contribution in [1.29, 1.82) is 0 Å². The Morgan fingerprint density at radius 1 is 1.42 bits per heavy atom. The summed E-state index contributed by atoms with van der Waals surface area (Å²) in [5.41, 5.74) is 0.420. The molecular formula is C13H15NO5. The molecule has 0 unspecified atom stereocenters. The zero-order chi connectivity index (χ0) is 14.3. The Labute approximate surface area is 110 Å². The lowest BCUT2D eigenvalue weighted by molar-refractivity contribution is -0.139. The molecule has 0 saturated heterocycles. The molecule has 0 aliphatic rings. The minimum absolute atomic E-state index is 0.0147. The summed E-state index contributed by atoms with van der Waals surface area (Å²) in [7, 11) is 1.51. The van der Waals surface area contributed by atoms with Crippen LogP contribution in [0.2, 0.25) is 0 Å². The number of nitrogens with one attached hydrogen (secondary N) is 1. The van der Waals surface area contributed by atoms with Crippen molar-refractivity contribution < 1.29 is 24.2 Å². The van der Waals surface area contributed by atoms with Gasteiger partial charge < -0.3 is 19.9 Å². The number of hydrogen-bond donors (Lipinski definition) is 2. The van der Waals surface area contributed by atoms with Gasteiger partial charge in [-0.25, -0.2) is 9.59 Å². The highest BCUT2D eigenvalue weighted by atomic mass is 16.5. The predicted molar refractivity (Wildman–Crippen MR) is 68.1 cm³/mol. The highest BCUT2D eigenvalue weighted by Gasteiger charge is 2.22. The maximum Gasteiger partial charge on any atom is 0.408 e. The zero-order valence-electron chi connectivity index (χ0n) is 10.5. The standard InChI is InChI=1S/C13H15NO5/c1-3-8-19-13(17)14-11(12(15)16)9-4-6-10(18-2)7-5-9/h3-7,11H,1,8H2,2H3,(H,14,17)(H,15,16)/t11-/m0/s1. The van der Waals surface area contributed by atoms with Gasteiger partial charge >= 0.3 is 12.1 Å². The highest BCUT2D eigenvalue weighted by Crippen LogP contribution is 2.18. The Balaban J connectivity index is 2.78. The Morgan fingerprint density at radius 3 is 2.53 bits per heavy atom. The Hall–Kier alpha value is -2.50. The predicted octanol–water partition coefficient (Wildman–Crippen LogP) is 1.73. The molecule has 1 aromatic rings. The molecule has 2 N–H and O–H groups in total. The van der Waals surface area contributed by atoms with Crippen LogP contribution in [0.15, 0.2) is 36.9 Å². The number of rotatable bonds is 6. The van der Waals surface area contributed by atoms with Crippen molar-refractivity contribution in [3.8, 4) is 5.75 Å². The molecular weight excluding hydrogens is 250 g/mol. The third-order valence-corrected chi connectivity index (χ3v) is 2.29. The molecule has 0 aliphatic carbocycles. The minimum atomic E-state index is -1.18. The lowest BCUT2D eigenvalue weighted by Gasteiger charge is -2.14. The van der Waals surface area contributed by atoms with E-state index in [1.165, 1.54) is 13.2 Å². The molecule has 0 bridgehead atoms. The van der Waals surface area contributed by atoms with Crippen LogP contribution in [-0.4, -0.2) is 30.9 Å². The number of carbonyl (C=O) groups excluding carboxylic acids is 1. The Morgan fingerprint density at radius 2 is 2.05 bits per heavy atom. The molecule has 19 heavy (non-hydrogen) atoms. The third kappa shape index (κ3) is 4.34. The second-order valence-corrected chi connectivity index (χ2v) is 3.58. The van der Waals surface area contributed by atoms with Crippen molar-refractivity contribution in [1.82, 2.24) is 5.32 Å². The molecule has 0 aliphatic heterocycles. The number of carbonyl (C=O) groups is 2. The van der Waals surface area contributed by atoms with Gasteiger partial charge in [-0.3, -0.25) is 0 Å². The molecule has 1 atom stereocenters. The normalized spacial score (nSPS) is 11.2. The van der Waals surface area contributed by atoms with E-state index < -0.39 is 18.1 Å². The van der Waals surface area contributed by atoms with Gasteiger partial charge in [-0.1, -0.05) is 24.8 Å². The summed E-state index contributed by atoms with van der Waals surface area (Å²) in [6.45, 7) is 3.40. The number of carboxylic acids is 1. The van der Waals surface area contributed by atoms with E-state index in [1.807, 2.05) is 0 Å². The quantitative estimate of drug-likeness (QED) is 0.765. The summed E-state index contributed by atoms with van der Waals surface area (Å²) in [5, 5.41) is 11.4. The molecule has 1 amide bonds. The third-order valence-electron chi connectivity index (χ3n) is 2.29. The fourth-order valence-corrected chi connectivity index (χ4v) is 1.38. The van der Waals surface area contributed by atoms with Gasteiger partial charge in [0.1, 0.15) is 12.4 Å². The molecule has 1 aromatic carbocycles. The van der Waals surface area contributed by atoms with Crippen molar-refractivity contribution in [2.75, 3.05) is 13.7 Å². The first-order valence-corrected chi connectivity index (χ1v) is 5.49.